The molecule has 8 heterocycles. The molecule has 6 aliphatic heterocycles. The summed E-state index contributed by atoms with van der Waals surface area (Å²) >= 11 is 0. The second-order valence-electron chi connectivity index (χ2n) is 37.3. The monoisotopic (exact) mass is 1680 g/mol. The number of sulfonamides is 2. The lowest BCUT2D eigenvalue weighted by atomic mass is 9.82. The first-order valence-electron chi connectivity index (χ1n) is 42.3. The summed E-state index contributed by atoms with van der Waals surface area (Å²) < 4.78 is 118. The van der Waals surface area contributed by atoms with Gasteiger partial charge in [0.25, 0.3) is 0 Å². The minimum atomic E-state index is -4.34. The fraction of sp³-hybridized carbons (Fsp3) is 0.659. The SMILES string of the molecule is C[C@@H]1CC/C=C\[C@@H]2C[C@@]2(C(=O)NS(=O)(=O)C2(CF)CC2)CC(=O)[C@@H]2C[C@@H](Oc3ncc(N4CCOCC4)c4ccccc34)CN2C(=O)[C@@H](CC(=O)OC(C)(C)C)[C@H](C)C1.C[C@H]1CC/C=C\[C@@H]2C[C@@]2(C(=O)NS(=O)(=O)C2(CF)CC2)CC(=O)[C@@H]2C[C@@H](Oc3ncc(N4CCOCC4)c4ccccc34)CN2C(=O)[C@@H](CC(=O)OC(C)(C)C)[C@H](C)C1. The van der Waals surface area contributed by atoms with Gasteiger partial charge in [-0.1, -0.05) is 88.4 Å². The van der Waals surface area contributed by atoms with Crippen molar-refractivity contribution >= 4 is 100 Å². The predicted octanol–water partition coefficient (Wildman–Crippen LogP) is 11.4. The quantitative estimate of drug-likeness (QED) is 0.0690. The van der Waals surface area contributed by atoms with E-state index in [0.717, 1.165) is 71.9 Å². The molecule has 2 aromatic carbocycles. The number of nitrogens with one attached hydrogen (secondary N) is 2. The number of carbonyl (C=O) groups is 8. The molecule has 26 nitrogen and oxygen atoms in total. The zero-order chi connectivity index (χ0) is 84.7. The van der Waals surface area contributed by atoms with Crippen LogP contribution in [0, 0.1) is 58.2 Å². The highest BCUT2D eigenvalue weighted by Crippen LogP contribution is 2.60. The largest absolute Gasteiger partial charge is 0.472 e. The van der Waals surface area contributed by atoms with Crippen molar-refractivity contribution in [3.8, 4) is 11.8 Å². The number of pyridine rings is 2. The van der Waals surface area contributed by atoms with E-state index in [1.165, 1.54) is 9.80 Å². The molecule has 0 spiro atoms. The molecule has 4 saturated carbocycles. The Morgan fingerprint density at radius 3 is 1.23 bits per heavy atom. The number of anilines is 2. The molecule has 2 N–H and O–H groups in total. The molecule has 14 atom stereocenters. The van der Waals surface area contributed by atoms with Gasteiger partial charge in [-0.15, -0.1) is 0 Å². The van der Waals surface area contributed by atoms with Gasteiger partial charge in [0.05, 0.1) is 111 Å². The normalized spacial score (nSPS) is 30.7. The number of alkyl halides is 2. The van der Waals surface area contributed by atoms with Crippen LogP contribution >= 0.6 is 0 Å². The first kappa shape index (κ1) is 87.6. The molecule has 0 unspecified atom stereocenters. The van der Waals surface area contributed by atoms with Crippen molar-refractivity contribution in [2.45, 2.75) is 230 Å². The number of aromatic nitrogens is 2. The van der Waals surface area contributed by atoms with Gasteiger partial charge < -0.3 is 48.0 Å². The molecule has 8 fully saturated rings. The van der Waals surface area contributed by atoms with Crippen molar-refractivity contribution in [3.63, 3.8) is 0 Å². The van der Waals surface area contributed by atoms with E-state index in [9.17, 15) is 64.0 Å². The van der Waals surface area contributed by atoms with Gasteiger partial charge in [-0.25, -0.2) is 35.6 Å². The summed E-state index contributed by atoms with van der Waals surface area (Å²) in [6, 6.07) is 13.5. The Kier molecular flexibility index (Phi) is 26.0. The summed E-state index contributed by atoms with van der Waals surface area (Å²) in [7, 11) is -8.68. The molecule has 30 heteroatoms. The molecule has 2 aromatic heterocycles. The summed E-state index contributed by atoms with van der Waals surface area (Å²) in [6.07, 6.45) is 14.2. The first-order valence-corrected chi connectivity index (χ1v) is 45.3. The molecular weight excluding hydrogens is 1560 g/mol. The van der Waals surface area contributed by atoms with E-state index in [2.05, 4.69) is 33.1 Å². The number of morpholine rings is 2. The molecule has 14 rings (SSSR count). The third-order valence-corrected chi connectivity index (χ3v) is 30.2. The third kappa shape index (κ3) is 19.4. The van der Waals surface area contributed by atoms with Crippen molar-refractivity contribution in [1.82, 2.24) is 29.2 Å². The fourth-order valence-corrected chi connectivity index (χ4v) is 21.4. The highest BCUT2D eigenvalue weighted by molar-refractivity contribution is 7.92. The Labute approximate surface area is 691 Å². The summed E-state index contributed by atoms with van der Waals surface area (Å²) in [5.74, 6) is -6.11. The molecule has 4 aliphatic carbocycles. The van der Waals surface area contributed by atoms with Gasteiger partial charge in [0.2, 0.25) is 55.4 Å². The number of rotatable bonds is 18. The van der Waals surface area contributed by atoms with Crippen molar-refractivity contribution in [2.24, 2.45) is 58.2 Å². The number of amides is 4. The molecule has 644 valence electrons. The lowest BCUT2D eigenvalue weighted by molar-refractivity contribution is -0.160. The molecule has 0 radical (unpaired) electrons. The van der Waals surface area contributed by atoms with Crippen LogP contribution in [0.1, 0.15) is 185 Å². The van der Waals surface area contributed by atoms with Crippen LogP contribution in [0.3, 0.4) is 0 Å². The van der Waals surface area contributed by atoms with Crippen LogP contribution in [0.4, 0.5) is 20.2 Å². The van der Waals surface area contributed by atoms with E-state index >= 15 is 0 Å². The summed E-state index contributed by atoms with van der Waals surface area (Å²) in [5, 5.41) is 3.43. The Morgan fingerprint density at radius 2 is 0.890 bits per heavy atom. The maximum Gasteiger partial charge on any atom is 0.307 e. The fourth-order valence-electron chi connectivity index (χ4n) is 18.5. The number of halogens is 2. The number of ketones is 2. The number of hydrogen-bond donors (Lipinski definition) is 2. The van der Waals surface area contributed by atoms with E-state index in [-0.39, 0.29) is 126 Å². The van der Waals surface area contributed by atoms with Crippen LogP contribution in [0.5, 0.6) is 11.8 Å². The highest BCUT2D eigenvalue weighted by Gasteiger charge is 2.66. The van der Waals surface area contributed by atoms with Crippen LogP contribution < -0.4 is 28.7 Å². The number of allylic oxidation sites excluding steroid dienone is 4. The number of esters is 2. The van der Waals surface area contributed by atoms with Gasteiger partial charge in [0.1, 0.15) is 46.3 Å². The number of ether oxygens (including phenoxy) is 6. The Morgan fingerprint density at radius 1 is 0.534 bits per heavy atom. The zero-order valence-electron chi connectivity index (χ0n) is 69.8. The number of fused-ring (bicyclic) bond motifs is 6. The molecular formula is C88H118F2N8O18S2. The minimum Gasteiger partial charge on any atom is -0.472 e. The Hall–Kier alpha value is -8.22. The molecule has 4 aromatic rings. The van der Waals surface area contributed by atoms with Crippen LogP contribution in [-0.4, -0.2) is 208 Å². The van der Waals surface area contributed by atoms with Gasteiger partial charge in [-0.2, -0.15) is 0 Å². The highest BCUT2D eigenvalue weighted by atomic mass is 32.2. The lowest BCUT2D eigenvalue weighted by Gasteiger charge is -2.32. The molecule has 4 amide bonds. The van der Waals surface area contributed by atoms with Gasteiger partial charge in [0.15, 0.2) is 11.6 Å². The molecule has 10 aliphatic rings. The van der Waals surface area contributed by atoms with Gasteiger partial charge in [0, 0.05) is 73.4 Å². The van der Waals surface area contributed by atoms with Crippen LogP contribution in [-0.2, 0) is 77.4 Å². The second-order valence-corrected chi connectivity index (χ2v) is 41.5. The van der Waals surface area contributed by atoms with E-state index < -0.39 is 148 Å². The van der Waals surface area contributed by atoms with Gasteiger partial charge in [-0.05, 0) is 166 Å². The van der Waals surface area contributed by atoms with E-state index in [0.29, 0.717) is 63.9 Å². The average molecular weight is 1680 g/mol. The number of nitrogens with zero attached hydrogens (tertiary/aromatic N) is 6. The first-order chi connectivity index (χ1) is 55.9. The van der Waals surface area contributed by atoms with Crippen LogP contribution in [0.2, 0.25) is 0 Å². The number of Topliss-reactive ketones (excluding diaryl/α,β-unsaturated/α-hetero) is 2. The van der Waals surface area contributed by atoms with Crippen molar-refractivity contribution in [1.29, 1.82) is 0 Å². The van der Waals surface area contributed by atoms with Gasteiger partial charge in [-0.3, -0.25) is 47.8 Å². The van der Waals surface area contributed by atoms with Crippen molar-refractivity contribution < 1.29 is 92.4 Å². The maximum atomic E-state index is 15.0. The Bertz CT molecular complexity index is 4450. The smallest absolute Gasteiger partial charge is 0.307 e. The summed E-state index contributed by atoms with van der Waals surface area (Å²) in [5.41, 5.74) is -2.41. The summed E-state index contributed by atoms with van der Waals surface area (Å²) in [6.45, 7) is 21.9. The zero-order valence-corrected chi connectivity index (χ0v) is 71.5. The van der Waals surface area contributed by atoms with Crippen LogP contribution in [0.25, 0.3) is 21.5 Å². The maximum absolute atomic E-state index is 15.0. The molecule has 118 heavy (non-hydrogen) atoms. The molecule has 4 saturated heterocycles. The Balaban J connectivity index is 0.000000205. The second kappa shape index (κ2) is 35.1. The van der Waals surface area contributed by atoms with Gasteiger partial charge >= 0.3 is 11.9 Å². The van der Waals surface area contributed by atoms with E-state index in [1.54, 1.807) is 53.9 Å². The minimum absolute atomic E-state index is 0.0273. The third-order valence-electron chi connectivity index (χ3n) is 26.0. The predicted molar refractivity (Wildman–Crippen MR) is 439 cm³/mol. The van der Waals surface area contributed by atoms with Crippen LogP contribution in [0.15, 0.2) is 85.2 Å². The average Bonchev–Trinajstić information content (AvgIpc) is 1.56. The topological polar surface area (TPSA) is 323 Å². The number of benzene rings is 2. The number of carbonyl (C=O) groups excluding carboxylic acids is 8. The number of hydrogen-bond acceptors (Lipinski definition) is 22. The molecule has 0 bridgehead atoms. The summed E-state index contributed by atoms with van der Waals surface area (Å²) in [4.78, 5) is 131. The van der Waals surface area contributed by atoms with E-state index in [4.69, 9.17) is 38.4 Å². The van der Waals surface area contributed by atoms with Crippen molar-refractivity contribution in [3.05, 3.63) is 85.2 Å². The van der Waals surface area contributed by atoms with E-state index in [1.807, 2.05) is 86.7 Å². The van der Waals surface area contributed by atoms with Crippen molar-refractivity contribution in [2.75, 3.05) is 88.8 Å². The lowest BCUT2D eigenvalue weighted by Crippen LogP contribution is -2.48. The standard InChI is InChI=1S/2C44H59FN4O9S/c2*1-28-10-6-7-11-30-23-44(30,41(53)47-59(54,55)43(27-45)14-15-43)24-37(50)35-21-31(26-49(35)40(52)34(29(2)20-28)22-38(51)58-42(3,4)5)57-39-33-13-9-8-12-32(33)36(25-46-39)48-16-18-56-19-17-48/h2*7-9,11-13,25,28-31,34-35H,6,10,14-24,26-27H2,1-5H3,(H,47,53)/b2*11-7-/t28-,29+,30+,31+,34-,35-,44+;28-,29-,30-,31-,34+,35+,44-/m01/s1.